The van der Waals surface area contributed by atoms with E-state index in [1.54, 1.807) is 21.3 Å². The standard InChI is InChI=1S/C24H32O8/c1-7-8-23-11-18(28-5)21(32-14(3)25)24(29-6,22(23)26)19(13(23)2)15-9-16(27-4)20-17(10-15)30-12-31-20/h7,9-10,13,18-19,21-22,26H,1,8,11-12H2,2-6H3/t13-,18+,19+,21-,22+,23-,24+/m0/s1. The molecule has 0 radical (unpaired) electrons. The Labute approximate surface area is 188 Å². The maximum atomic E-state index is 12.1. The second kappa shape index (κ2) is 8.24. The van der Waals surface area contributed by atoms with Crippen LogP contribution in [0, 0.1) is 11.3 Å². The summed E-state index contributed by atoms with van der Waals surface area (Å²) in [4.78, 5) is 12.1. The zero-order chi connectivity index (χ0) is 23.3. The number of fused-ring (bicyclic) bond motifs is 3. The first kappa shape index (κ1) is 22.9. The van der Waals surface area contributed by atoms with Crippen LogP contribution >= 0.6 is 0 Å². The second-order valence-electron chi connectivity index (χ2n) is 8.92. The average Bonchev–Trinajstić information content (AvgIpc) is 3.29. The SMILES string of the molecule is C=CC[C@@]12C[C@@H](OC)[C@H](OC(C)=O)[C@@](OC)([C@@H]1O)[C@@H](c1cc(OC)c3c(c1)OCO3)[C@@H]2C. The van der Waals surface area contributed by atoms with Crippen molar-refractivity contribution in [3.63, 3.8) is 0 Å². The second-order valence-corrected chi connectivity index (χ2v) is 8.92. The highest BCUT2D eigenvalue weighted by Gasteiger charge is 2.75. The third-order valence-corrected chi connectivity index (χ3v) is 7.74. The molecule has 1 aromatic rings. The predicted octanol–water partition coefficient (Wildman–Crippen LogP) is 2.82. The molecule has 0 amide bonds. The Morgan fingerprint density at radius 1 is 1.31 bits per heavy atom. The molecule has 8 nitrogen and oxygen atoms in total. The van der Waals surface area contributed by atoms with E-state index in [9.17, 15) is 9.90 Å². The predicted molar refractivity (Wildman–Crippen MR) is 115 cm³/mol. The topological polar surface area (TPSA) is 92.7 Å². The van der Waals surface area contributed by atoms with E-state index in [1.165, 1.54) is 6.92 Å². The highest BCUT2D eigenvalue weighted by molar-refractivity contribution is 5.66. The number of allylic oxidation sites excluding steroid dienone is 1. The third-order valence-electron chi connectivity index (χ3n) is 7.74. The van der Waals surface area contributed by atoms with Gasteiger partial charge in [0.25, 0.3) is 0 Å². The first-order valence-corrected chi connectivity index (χ1v) is 10.8. The van der Waals surface area contributed by atoms with Crippen LogP contribution in [-0.4, -0.2) is 63.1 Å². The van der Waals surface area contributed by atoms with Crippen molar-refractivity contribution in [2.75, 3.05) is 28.1 Å². The van der Waals surface area contributed by atoms with Gasteiger partial charge in [-0.1, -0.05) is 13.0 Å². The van der Waals surface area contributed by atoms with Gasteiger partial charge in [0, 0.05) is 32.5 Å². The van der Waals surface area contributed by atoms with E-state index >= 15 is 0 Å². The minimum absolute atomic E-state index is 0.0706. The van der Waals surface area contributed by atoms with Gasteiger partial charge in [-0.05, 0) is 36.5 Å². The minimum Gasteiger partial charge on any atom is -0.493 e. The van der Waals surface area contributed by atoms with Gasteiger partial charge in [0.05, 0.1) is 19.3 Å². The Morgan fingerprint density at radius 2 is 2.06 bits per heavy atom. The molecule has 2 saturated carbocycles. The van der Waals surface area contributed by atoms with Crippen LogP contribution in [0.2, 0.25) is 0 Å². The minimum atomic E-state index is -1.24. The van der Waals surface area contributed by atoms with E-state index < -0.39 is 35.3 Å². The normalized spacial score (nSPS) is 37.2. The van der Waals surface area contributed by atoms with Crippen molar-refractivity contribution >= 4 is 5.97 Å². The molecule has 0 saturated heterocycles. The quantitative estimate of drug-likeness (QED) is 0.503. The van der Waals surface area contributed by atoms with E-state index in [-0.39, 0.29) is 18.6 Å². The molecule has 0 spiro atoms. The summed E-state index contributed by atoms with van der Waals surface area (Å²) in [5, 5.41) is 11.9. The van der Waals surface area contributed by atoms with Crippen molar-refractivity contribution in [1.82, 2.24) is 0 Å². The maximum absolute atomic E-state index is 12.1. The first-order valence-electron chi connectivity index (χ1n) is 10.8. The van der Waals surface area contributed by atoms with Gasteiger partial charge in [0.2, 0.25) is 12.5 Å². The molecule has 2 fully saturated rings. The van der Waals surface area contributed by atoms with Crippen molar-refractivity contribution in [1.29, 1.82) is 0 Å². The maximum Gasteiger partial charge on any atom is 0.303 e. The number of rotatable bonds is 7. The van der Waals surface area contributed by atoms with Crippen LogP contribution in [-0.2, 0) is 19.0 Å². The molecule has 0 aromatic heterocycles. The van der Waals surface area contributed by atoms with Gasteiger partial charge in [-0.25, -0.2) is 0 Å². The molecule has 2 bridgehead atoms. The van der Waals surface area contributed by atoms with E-state index in [2.05, 4.69) is 13.5 Å². The van der Waals surface area contributed by atoms with Crippen LogP contribution in [0.15, 0.2) is 24.8 Å². The third kappa shape index (κ3) is 2.96. The molecule has 4 rings (SSSR count). The van der Waals surface area contributed by atoms with Crippen LogP contribution in [0.25, 0.3) is 0 Å². The van der Waals surface area contributed by atoms with Crippen LogP contribution in [0.5, 0.6) is 17.2 Å². The number of carbonyl (C=O) groups is 1. The Kier molecular flexibility index (Phi) is 5.90. The molecule has 1 heterocycles. The van der Waals surface area contributed by atoms with Gasteiger partial charge in [-0.15, -0.1) is 6.58 Å². The summed E-state index contributed by atoms with van der Waals surface area (Å²) in [5.41, 5.74) is -0.978. The van der Waals surface area contributed by atoms with E-state index in [1.807, 2.05) is 18.2 Å². The number of hydrogen-bond acceptors (Lipinski definition) is 8. The molecule has 0 unspecified atom stereocenters. The molecule has 7 atom stereocenters. The van der Waals surface area contributed by atoms with Crippen molar-refractivity contribution in [3.05, 3.63) is 30.4 Å². The van der Waals surface area contributed by atoms with E-state index in [4.69, 9.17) is 28.4 Å². The van der Waals surface area contributed by atoms with Crippen LogP contribution < -0.4 is 14.2 Å². The Hall–Kier alpha value is -2.29. The monoisotopic (exact) mass is 448 g/mol. The van der Waals surface area contributed by atoms with E-state index in [0.717, 1.165) is 5.56 Å². The molecule has 176 valence electrons. The molecule has 1 aromatic carbocycles. The van der Waals surface area contributed by atoms with Crippen molar-refractivity contribution < 1.29 is 38.3 Å². The summed E-state index contributed by atoms with van der Waals surface area (Å²) in [5.74, 6) is 0.768. The lowest BCUT2D eigenvalue weighted by Gasteiger charge is -2.51. The number of aliphatic hydroxyl groups excluding tert-OH is 1. The summed E-state index contributed by atoms with van der Waals surface area (Å²) < 4.78 is 34.6. The molecular formula is C24H32O8. The van der Waals surface area contributed by atoms with E-state index in [0.29, 0.717) is 30.1 Å². The number of methoxy groups -OCH3 is 3. The van der Waals surface area contributed by atoms with Gasteiger partial charge in [0.1, 0.15) is 5.60 Å². The molecular weight excluding hydrogens is 416 g/mol. The highest BCUT2D eigenvalue weighted by atomic mass is 16.7. The number of benzene rings is 1. The number of hydrogen-bond donors (Lipinski definition) is 1. The summed E-state index contributed by atoms with van der Waals surface area (Å²) in [6.45, 7) is 7.49. The fourth-order valence-electron chi connectivity index (χ4n) is 6.43. The first-order chi connectivity index (χ1) is 15.3. The molecule has 8 heteroatoms. The summed E-state index contributed by atoms with van der Waals surface area (Å²) >= 11 is 0. The van der Waals surface area contributed by atoms with Gasteiger partial charge >= 0.3 is 5.97 Å². The van der Waals surface area contributed by atoms with Crippen molar-refractivity contribution in [2.45, 2.75) is 56.5 Å². The van der Waals surface area contributed by atoms with Gasteiger partial charge in [-0.3, -0.25) is 4.79 Å². The molecule has 3 aliphatic rings. The molecule has 1 N–H and O–H groups in total. The average molecular weight is 449 g/mol. The zero-order valence-electron chi connectivity index (χ0n) is 19.3. The molecule has 2 aliphatic carbocycles. The zero-order valence-corrected chi connectivity index (χ0v) is 19.3. The Morgan fingerprint density at radius 3 is 2.66 bits per heavy atom. The lowest BCUT2D eigenvalue weighted by molar-refractivity contribution is -0.245. The number of esters is 1. The van der Waals surface area contributed by atoms with Crippen LogP contribution in [0.3, 0.4) is 0 Å². The summed E-state index contributed by atoms with van der Waals surface area (Å²) in [6, 6.07) is 3.78. The highest BCUT2D eigenvalue weighted by Crippen LogP contribution is 2.67. The summed E-state index contributed by atoms with van der Waals surface area (Å²) in [7, 11) is 4.71. The fourth-order valence-corrected chi connectivity index (χ4v) is 6.43. The van der Waals surface area contributed by atoms with Gasteiger partial charge in [-0.2, -0.15) is 0 Å². The van der Waals surface area contributed by atoms with Crippen molar-refractivity contribution in [2.24, 2.45) is 11.3 Å². The van der Waals surface area contributed by atoms with Crippen LogP contribution in [0.4, 0.5) is 0 Å². The number of carbonyl (C=O) groups excluding carboxylic acids is 1. The molecule has 1 aliphatic heterocycles. The summed E-state index contributed by atoms with van der Waals surface area (Å²) in [6.07, 6.45) is 0.691. The lowest BCUT2D eigenvalue weighted by atomic mass is 9.65. The van der Waals surface area contributed by atoms with Gasteiger partial charge < -0.3 is 33.5 Å². The van der Waals surface area contributed by atoms with Gasteiger partial charge in [0.15, 0.2) is 17.6 Å². The molecule has 32 heavy (non-hydrogen) atoms. The lowest BCUT2D eigenvalue weighted by Crippen LogP contribution is -2.66. The Balaban J connectivity index is 1.95. The van der Waals surface area contributed by atoms with Crippen molar-refractivity contribution in [3.8, 4) is 17.2 Å². The Bertz CT molecular complexity index is 900. The number of ether oxygens (including phenoxy) is 6. The largest absolute Gasteiger partial charge is 0.493 e. The fraction of sp³-hybridized carbons (Fsp3) is 0.625. The number of aliphatic hydroxyl groups is 1. The smallest absolute Gasteiger partial charge is 0.303 e. The van der Waals surface area contributed by atoms with Crippen LogP contribution in [0.1, 0.15) is 38.2 Å².